The number of hydrogen-bond donors (Lipinski definition) is 1. The maximum Gasteiger partial charge on any atom is 0.328 e. The van der Waals surface area contributed by atoms with E-state index in [1.54, 1.807) is 26.0 Å². The second kappa shape index (κ2) is 5.71. The van der Waals surface area contributed by atoms with Gasteiger partial charge in [-0.2, -0.15) is 5.26 Å². The number of aromatic nitrogens is 1. The Bertz CT molecular complexity index is 412. The quantitative estimate of drug-likeness (QED) is 0.773. The van der Waals surface area contributed by atoms with Crippen molar-refractivity contribution in [1.29, 1.82) is 5.26 Å². The van der Waals surface area contributed by atoms with E-state index in [0.717, 1.165) is 0 Å². The summed E-state index contributed by atoms with van der Waals surface area (Å²) >= 11 is 0. The van der Waals surface area contributed by atoms with Gasteiger partial charge in [0, 0.05) is 11.9 Å². The smallest absolute Gasteiger partial charge is 0.328 e. The molecule has 1 aromatic rings. The molecular weight excluding hydrogens is 206 g/mol. The molecule has 1 rings (SSSR count). The first kappa shape index (κ1) is 12.0. The lowest BCUT2D eigenvalue weighted by Gasteiger charge is -2.13. The Morgan fingerprint density at radius 1 is 1.75 bits per heavy atom. The molecule has 0 saturated heterocycles. The lowest BCUT2D eigenvalue weighted by atomic mass is 10.3. The van der Waals surface area contributed by atoms with Crippen molar-refractivity contribution in [2.75, 3.05) is 11.9 Å². The number of rotatable bonds is 4. The van der Waals surface area contributed by atoms with E-state index >= 15 is 0 Å². The van der Waals surface area contributed by atoms with E-state index in [1.807, 2.05) is 6.07 Å². The largest absolute Gasteiger partial charge is 0.464 e. The molecule has 1 atom stereocenters. The molecule has 0 radical (unpaired) electrons. The fraction of sp³-hybridized carbons (Fsp3) is 0.364. The van der Waals surface area contributed by atoms with E-state index in [4.69, 9.17) is 10.00 Å². The second-order valence-electron chi connectivity index (χ2n) is 3.16. The molecule has 5 heteroatoms. The van der Waals surface area contributed by atoms with Gasteiger partial charge in [0.15, 0.2) is 0 Å². The van der Waals surface area contributed by atoms with Gasteiger partial charge >= 0.3 is 5.97 Å². The van der Waals surface area contributed by atoms with Gasteiger partial charge in [0.2, 0.25) is 0 Å². The van der Waals surface area contributed by atoms with Crippen LogP contribution in [-0.4, -0.2) is 23.6 Å². The summed E-state index contributed by atoms with van der Waals surface area (Å²) in [4.78, 5) is 15.2. The maximum atomic E-state index is 11.3. The van der Waals surface area contributed by atoms with Gasteiger partial charge in [0.1, 0.15) is 17.8 Å². The Kier molecular flexibility index (Phi) is 4.28. The third-order valence-electron chi connectivity index (χ3n) is 1.90. The Hall–Kier alpha value is -2.09. The zero-order valence-corrected chi connectivity index (χ0v) is 9.23. The van der Waals surface area contributed by atoms with E-state index in [2.05, 4.69) is 10.3 Å². The number of nitrogens with one attached hydrogen (secondary N) is 1. The number of carbonyl (C=O) groups is 1. The molecule has 1 heterocycles. The van der Waals surface area contributed by atoms with Crippen molar-refractivity contribution in [3.8, 4) is 6.07 Å². The summed E-state index contributed by atoms with van der Waals surface area (Å²) in [7, 11) is 0. The molecular formula is C11H13N3O2. The van der Waals surface area contributed by atoms with Crippen molar-refractivity contribution in [1.82, 2.24) is 4.98 Å². The summed E-state index contributed by atoms with van der Waals surface area (Å²) in [6, 6.07) is 4.75. The molecule has 0 fully saturated rings. The predicted octanol–water partition coefficient (Wildman–Crippen LogP) is 1.32. The molecule has 0 amide bonds. The molecule has 0 aromatic carbocycles. The highest BCUT2D eigenvalue weighted by Gasteiger charge is 2.13. The molecule has 84 valence electrons. The van der Waals surface area contributed by atoms with Crippen molar-refractivity contribution in [2.45, 2.75) is 19.9 Å². The molecule has 0 aliphatic rings. The van der Waals surface area contributed by atoms with Crippen LogP contribution in [0, 0.1) is 11.3 Å². The third-order valence-corrected chi connectivity index (χ3v) is 1.90. The van der Waals surface area contributed by atoms with Crippen molar-refractivity contribution in [2.24, 2.45) is 0 Å². The van der Waals surface area contributed by atoms with Crippen molar-refractivity contribution >= 4 is 11.7 Å². The summed E-state index contributed by atoms with van der Waals surface area (Å²) in [6.07, 6.45) is 1.51. The molecule has 0 saturated carbocycles. The summed E-state index contributed by atoms with van der Waals surface area (Å²) in [5.41, 5.74) is 0.980. The first-order chi connectivity index (χ1) is 7.67. The topological polar surface area (TPSA) is 75.0 Å². The number of hydrogen-bond acceptors (Lipinski definition) is 5. The monoisotopic (exact) mass is 219 g/mol. The standard InChI is InChI=1S/C11H13N3O2/c1-3-16-11(15)8(2)14-9-4-5-13-10(6-9)7-12/h4-6,8H,3H2,1-2H3,(H,13,14). The van der Waals surface area contributed by atoms with Crippen LogP contribution in [0.5, 0.6) is 0 Å². The lowest BCUT2D eigenvalue weighted by molar-refractivity contribution is -0.143. The highest BCUT2D eigenvalue weighted by atomic mass is 16.5. The molecule has 0 aliphatic carbocycles. The molecule has 0 aliphatic heterocycles. The number of nitriles is 1. The SMILES string of the molecule is CCOC(=O)C(C)Nc1ccnc(C#N)c1. The Labute approximate surface area is 94.1 Å². The first-order valence-corrected chi connectivity index (χ1v) is 4.96. The minimum Gasteiger partial charge on any atom is -0.464 e. The predicted molar refractivity (Wildman–Crippen MR) is 58.7 cm³/mol. The molecule has 1 unspecified atom stereocenters. The number of esters is 1. The van der Waals surface area contributed by atoms with Crippen LogP contribution in [0.25, 0.3) is 0 Å². The summed E-state index contributed by atoms with van der Waals surface area (Å²) in [5.74, 6) is -0.321. The molecule has 0 spiro atoms. The van der Waals surface area contributed by atoms with Crippen LogP contribution in [0.15, 0.2) is 18.3 Å². The van der Waals surface area contributed by atoms with Crippen LogP contribution in [0.1, 0.15) is 19.5 Å². The Balaban J connectivity index is 2.66. The number of ether oxygens (including phenoxy) is 1. The normalized spacial score (nSPS) is 11.3. The van der Waals surface area contributed by atoms with Gasteiger partial charge in [-0.1, -0.05) is 0 Å². The fourth-order valence-corrected chi connectivity index (χ4v) is 1.16. The van der Waals surface area contributed by atoms with Crippen LogP contribution in [-0.2, 0) is 9.53 Å². The average molecular weight is 219 g/mol. The molecule has 0 bridgehead atoms. The maximum absolute atomic E-state index is 11.3. The number of carbonyl (C=O) groups excluding carboxylic acids is 1. The zero-order chi connectivity index (χ0) is 12.0. The van der Waals surface area contributed by atoms with Gasteiger partial charge in [-0.15, -0.1) is 0 Å². The third kappa shape index (κ3) is 3.24. The van der Waals surface area contributed by atoms with Gasteiger partial charge in [-0.05, 0) is 26.0 Å². The van der Waals surface area contributed by atoms with Gasteiger partial charge in [0.05, 0.1) is 6.61 Å². The lowest BCUT2D eigenvalue weighted by Crippen LogP contribution is -2.28. The van der Waals surface area contributed by atoms with E-state index < -0.39 is 6.04 Å². The van der Waals surface area contributed by atoms with Crippen molar-refractivity contribution in [3.05, 3.63) is 24.0 Å². The minimum absolute atomic E-state index is 0.307. The van der Waals surface area contributed by atoms with E-state index in [1.165, 1.54) is 6.20 Å². The van der Waals surface area contributed by atoms with Crippen LogP contribution in [0.3, 0.4) is 0 Å². The first-order valence-electron chi connectivity index (χ1n) is 4.96. The van der Waals surface area contributed by atoms with Crippen LogP contribution < -0.4 is 5.32 Å². The van der Waals surface area contributed by atoms with Crippen molar-refractivity contribution < 1.29 is 9.53 Å². The number of pyridine rings is 1. The molecule has 16 heavy (non-hydrogen) atoms. The van der Waals surface area contributed by atoms with Gasteiger partial charge < -0.3 is 10.1 Å². The van der Waals surface area contributed by atoms with E-state index in [-0.39, 0.29) is 5.97 Å². The van der Waals surface area contributed by atoms with Crippen LogP contribution >= 0.6 is 0 Å². The van der Waals surface area contributed by atoms with Gasteiger partial charge in [-0.3, -0.25) is 0 Å². The Morgan fingerprint density at radius 3 is 3.12 bits per heavy atom. The zero-order valence-electron chi connectivity index (χ0n) is 9.23. The molecule has 1 N–H and O–H groups in total. The molecule has 5 nitrogen and oxygen atoms in total. The summed E-state index contributed by atoms with van der Waals surface area (Å²) in [5, 5.41) is 11.6. The Morgan fingerprint density at radius 2 is 2.50 bits per heavy atom. The highest BCUT2D eigenvalue weighted by molar-refractivity contribution is 5.78. The van der Waals surface area contributed by atoms with Crippen LogP contribution in [0.4, 0.5) is 5.69 Å². The second-order valence-corrected chi connectivity index (χ2v) is 3.16. The van der Waals surface area contributed by atoms with E-state index in [9.17, 15) is 4.79 Å². The summed E-state index contributed by atoms with van der Waals surface area (Å²) < 4.78 is 4.85. The number of anilines is 1. The average Bonchev–Trinajstić information content (AvgIpc) is 2.29. The molecule has 1 aromatic heterocycles. The minimum atomic E-state index is -0.450. The van der Waals surface area contributed by atoms with Gasteiger partial charge in [-0.25, -0.2) is 9.78 Å². The van der Waals surface area contributed by atoms with Crippen molar-refractivity contribution in [3.63, 3.8) is 0 Å². The van der Waals surface area contributed by atoms with Crippen LogP contribution in [0.2, 0.25) is 0 Å². The van der Waals surface area contributed by atoms with Gasteiger partial charge in [0.25, 0.3) is 0 Å². The number of nitrogens with zero attached hydrogens (tertiary/aromatic N) is 2. The van der Waals surface area contributed by atoms with E-state index in [0.29, 0.717) is 18.0 Å². The highest BCUT2D eigenvalue weighted by Crippen LogP contribution is 2.09. The summed E-state index contributed by atoms with van der Waals surface area (Å²) in [6.45, 7) is 3.81. The fourth-order valence-electron chi connectivity index (χ4n) is 1.16.